The Morgan fingerprint density at radius 3 is 2.63 bits per heavy atom. The highest BCUT2D eigenvalue weighted by Gasteiger charge is 2.62. The number of aliphatic carboxylic acids is 1. The fraction of sp³-hybridized carbons (Fsp3) is 0.381. The molecule has 1 aromatic carbocycles. The third-order valence-corrected chi connectivity index (χ3v) is 9.03. The van der Waals surface area contributed by atoms with Gasteiger partial charge in [-0.1, -0.05) is 12.1 Å². The molecule has 2 aliphatic rings. The molecular weight excluding hydrogens is 440 g/mol. The van der Waals surface area contributed by atoms with Gasteiger partial charge < -0.3 is 15.1 Å². The number of aromatic nitrogens is 1. The number of thioether (sulfide) groups is 3. The topological polar surface area (TPSA) is 81.7 Å². The molecule has 0 spiro atoms. The van der Waals surface area contributed by atoms with E-state index in [2.05, 4.69) is 35.2 Å². The van der Waals surface area contributed by atoms with E-state index in [0.29, 0.717) is 0 Å². The lowest BCUT2D eigenvalue weighted by molar-refractivity contribution is -0.690. The van der Waals surface area contributed by atoms with Gasteiger partial charge >= 0.3 is 5.97 Å². The number of hydrogen-bond acceptors (Lipinski definition) is 6. The van der Waals surface area contributed by atoms with Gasteiger partial charge in [0.05, 0.1) is 26.9 Å². The van der Waals surface area contributed by atoms with Gasteiger partial charge in [-0.15, -0.1) is 35.3 Å². The van der Waals surface area contributed by atoms with Crippen LogP contribution in [0, 0.1) is 5.92 Å². The van der Waals surface area contributed by atoms with E-state index in [-0.39, 0.29) is 15.9 Å². The maximum absolute atomic E-state index is 12.3. The van der Waals surface area contributed by atoms with Crippen molar-refractivity contribution in [3.8, 4) is 0 Å². The van der Waals surface area contributed by atoms with Gasteiger partial charge in [-0.2, -0.15) is 4.57 Å². The number of carboxylic acids is 1. The minimum atomic E-state index is -0.999. The van der Waals surface area contributed by atoms with Crippen LogP contribution < -0.4 is 4.57 Å². The van der Waals surface area contributed by atoms with Crippen molar-refractivity contribution in [3.05, 3.63) is 54.4 Å². The van der Waals surface area contributed by atoms with E-state index < -0.39 is 24.0 Å². The van der Waals surface area contributed by atoms with Crippen molar-refractivity contribution in [2.45, 2.75) is 45.4 Å². The van der Waals surface area contributed by atoms with E-state index >= 15 is 0 Å². The SMILES string of the molecule is CSc1ccc[n+](Cc2ccc(SC3S[C@@H]4[C@@H]([C@@H](C)O)C(=O)N4C3C(=O)O)cc2)c1. The molecule has 2 unspecified atom stereocenters. The second kappa shape index (κ2) is 8.82. The molecule has 30 heavy (non-hydrogen) atoms. The highest BCUT2D eigenvalue weighted by molar-refractivity contribution is 8.17. The largest absolute Gasteiger partial charge is 0.480 e. The summed E-state index contributed by atoms with van der Waals surface area (Å²) in [6, 6.07) is 11.3. The molecule has 2 fully saturated rings. The molecule has 9 heteroatoms. The molecule has 6 nitrogen and oxygen atoms in total. The lowest BCUT2D eigenvalue weighted by Crippen LogP contribution is -2.64. The zero-order chi connectivity index (χ0) is 21.4. The molecule has 1 amide bonds. The van der Waals surface area contributed by atoms with Gasteiger partial charge in [0.2, 0.25) is 5.91 Å². The average Bonchev–Trinajstić information content (AvgIpc) is 3.03. The van der Waals surface area contributed by atoms with Crippen molar-refractivity contribution in [3.63, 3.8) is 0 Å². The van der Waals surface area contributed by atoms with Crippen LogP contribution in [0.25, 0.3) is 0 Å². The van der Waals surface area contributed by atoms with Crippen LogP contribution in [0.2, 0.25) is 0 Å². The molecule has 0 bridgehead atoms. The smallest absolute Gasteiger partial charge is 0.328 e. The Kier molecular flexibility index (Phi) is 6.34. The van der Waals surface area contributed by atoms with Crippen molar-refractivity contribution in [2.75, 3.05) is 6.26 Å². The zero-order valence-electron chi connectivity index (χ0n) is 16.5. The van der Waals surface area contributed by atoms with Crippen LogP contribution in [0.4, 0.5) is 0 Å². The number of benzene rings is 1. The van der Waals surface area contributed by atoms with Crippen molar-refractivity contribution in [2.24, 2.45) is 5.92 Å². The third-order valence-electron chi connectivity index (χ3n) is 5.33. The van der Waals surface area contributed by atoms with E-state index in [0.717, 1.165) is 17.0 Å². The van der Waals surface area contributed by atoms with Crippen molar-refractivity contribution >= 4 is 47.2 Å². The number of pyridine rings is 1. The van der Waals surface area contributed by atoms with E-state index in [1.54, 1.807) is 18.7 Å². The Hall–Kier alpha value is -1.68. The number of aliphatic hydroxyl groups is 1. The normalized spacial score (nSPS) is 26.2. The highest BCUT2D eigenvalue weighted by atomic mass is 32.2. The van der Waals surface area contributed by atoms with Crippen LogP contribution in [0.1, 0.15) is 12.5 Å². The van der Waals surface area contributed by atoms with E-state index in [4.69, 9.17) is 0 Å². The first-order valence-electron chi connectivity index (χ1n) is 9.56. The summed E-state index contributed by atoms with van der Waals surface area (Å²) >= 11 is 4.64. The molecular formula is C21H23N2O4S3+. The second-order valence-corrected chi connectivity index (χ2v) is 11.0. The Morgan fingerprint density at radius 1 is 1.27 bits per heavy atom. The number of carbonyl (C=O) groups is 2. The van der Waals surface area contributed by atoms with Gasteiger partial charge in [-0.25, -0.2) is 4.79 Å². The van der Waals surface area contributed by atoms with E-state index in [9.17, 15) is 19.8 Å². The average molecular weight is 464 g/mol. The van der Waals surface area contributed by atoms with Crippen LogP contribution >= 0.6 is 35.3 Å². The Balaban J connectivity index is 1.45. The Bertz CT molecular complexity index is 954. The summed E-state index contributed by atoms with van der Waals surface area (Å²) in [5, 5.41) is 19.3. The molecule has 158 valence electrons. The first-order valence-corrected chi connectivity index (χ1v) is 12.6. The van der Waals surface area contributed by atoms with Gasteiger partial charge in [0, 0.05) is 16.5 Å². The van der Waals surface area contributed by atoms with E-state index in [1.165, 1.54) is 33.3 Å². The number of rotatable bonds is 7. The lowest BCUT2D eigenvalue weighted by Gasteiger charge is -2.44. The van der Waals surface area contributed by atoms with Crippen LogP contribution in [0.15, 0.2) is 58.6 Å². The van der Waals surface area contributed by atoms with Crippen molar-refractivity contribution in [1.29, 1.82) is 0 Å². The standard InChI is InChI=1S/C21H22N2O4S3/c1-12(24)16-18(25)23-17(20(26)27)21(30-19(16)23)29-14-7-5-13(6-8-14)10-22-9-3-4-15(11-22)28-2/h3-9,11-12,16-17,19,21,24H,10H2,1-2H3/p+1/t12-,16+,17?,19-,21?/m1/s1. The van der Waals surface area contributed by atoms with Gasteiger partial charge in [0.15, 0.2) is 25.0 Å². The number of carbonyl (C=O) groups excluding carboxylic acids is 1. The van der Waals surface area contributed by atoms with Crippen LogP contribution in [0.5, 0.6) is 0 Å². The minimum Gasteiger partial charge on any atom is -0.480 e. The predicted octanol–water partition coefficient (Wildman–Crippen LogP) is 2.53. The molecule has 2 N–H and O–H groups in total. The maximum Gasteiger partial charge on any atom is 0.328 e. The second-order valence-electron chi connectivity index (χ2n) is 7.37. The number of fused-ring (bicyclic) bond motifs is 1. The van der Waals surface area contributed by atoms with Crippen LogP contribution in [-0.2, 0) is 16.1 Å². The summed E-state index contributed by atoms with van der Waals surface area (Å²) in [7, 11) is 0. The molecule has 5 atom stereocenters. The molecule has 0 aliphatic carbocycles. The van der Waals surface area contributed by atoms with Crippen molar-refractivity contribution in [1.82, 2.24) is 4.90 Å². The first kappa shape index (κ1) is 21.5. The number of aliphatic hydroxyl groups excluding tert-OH is 1. The maximum atomic E-state index is 12.3. The third kappa shape index (κ3) is 4.08. The predicted molar refractivity (Wildman–Crippen MR) is 118 cm³/mol. The first-order chi connectivity index (χ1) is 14.4. The molecule has 0 radical (unpaired) electrons. The van der Waals surface area contributed by atoms with Crippen LogP contribution in [0.3, 0.4) is 0 Å². The summed E-state index contributed by atoms with van der Waals surface area (Å²) in [5.41, 5.74) is 1.16. The van der Waals surface area contributed by atoms with Crippen molar-refractivity contribution < 1.29 is 24.4 Å². The number of amides is 1. The van der Waals surface area contributed by atoms with Gasteiger partial charge in [-0.05, 0) is 31.4 Å². The Labute approximate surface area is 188 Å². The lowest BCUT2D eigenvalue weighted by atomic mass is 9.91. The fourth-order valence-corrected chi connectivity index (χ4v) is 7.65. The van der Waals surface area contributed by atoms with E-state index in [1.807, 2.05) is 24.4 Å². The molecule has 2 saturated heterocycles. The summed E-state index contributed by atoms with van der Waals surface area (Å²) in [4.78, 5) is 27.8. The quantitative estimate of drug-likeness (QED) is 0.371. The number of β-lactam (4-membered cyclic amide) rings is 1. The zero-order valence-corrected chi connectivity index (χ0v) is 19.0. The Morgan fingerprint density at radius 2 is 2.00 bits per heavy atom. The van der Waals surface area contributed by atoms with Gasteiger partial charge in [-0.3, -0.25) is 4.79 Å². The van der Waals surface area contributed by atoms with Gasteiger partial charge in [0.1, 0.15) is 0 Å². The van der Waals surface area contributed by atoms with Crippen LogP contribution in [-0.4, -0.2) is 55.3 Å². The minimum absolute atomic E-state index is 0.266. The summed E-state index contributed by atoms with van der Waals surface area (Å²) in [5.74, 6) is -1.78. The summed E-state index contributed by atoms with van der Waals surface area (Å²) < 4.78 is 1.83. The number of nitrogens with zero attached hydrogens (tertiary/aromatic N) is 2. The molecule has 2 aromatic rings. The summed E-state index contributed by atoms with van der Waals surface area (Å²) in [6.07, 6.45) is 5.43. The highest BCUT2D eigenvalue weighted by Crippen LogP contribution is 2.53. The number of carboxylic acid groups (broad SMARTS) is 1. The molecule has 4 rings (SSSR count). The molecule has 2 aliphatic heterocycles. The van der Waals surface area contributed by atoms with Gasteiger partial charge in [0.25, 0.3) is 0 Å². The fourth-order valence-electron chi connectivity index (χ4n) is 3.81. The summed E-state index contributed by atoms with van der Waals surface area (Å²) in [6.45, 7) is 2.35. The molecule has 1 aromatic heterocycles. The molecule has 0 saturated carbocycles. The molecule has 3 heterocycles. The number of hydrogen-bond donors (Lipinski definition) is 2. The monoisotopic (exact) mass is 463 g/mol.